The normalized spacial score (nSPS) is 12.1. The lowest BCUT2D eigenvalue weighted by Gasteiger charge is -1.98. The molecule has 0 saturated carbocycles. The second-order valence-electron chi connectivity index (χ2n) is 3.62. The Hall–Kier alpha value is -1.56. The van der Waals surface area contributed by atoms with Gasteiger partial charge < -0.3 is 0 Å². The third-order valence-electron chi connectivity index (χ3n) is 2.39. The predicted octanol–water partition coefficient (Wildman–Crippen LogP) is 4.29. The number of hydrogen-bond acceptors (Lipinski definition) is 0. The molecule has 0 spiro atoms. The van der Waals surface area contributed by atoms with Crippen LogP contribution >= 0.6 is 0 Å². The Balaban J connectivity index is 2.42. The maximum atomic E-state index is 3.61. The summed E-state index contributed by atoms with van der Waals surface area (Å²) in [7, 11) is 0. The standard InChI is InChI=1S/C16H19/c1-3-5-6-7-8-9-10-16-13-11-15(4-2)12-14-16/h3,5-9,11-14H,1,4,10H2,2H3/b5-3-,7-6-,9-8+. The number of allylic oxidation sites excluding steroid dienone is 6. The lowest BCUT2D eigenvalue weighted by Crippen LogP contribution is -1.83. The van der Waals surface area contributed by atoms with Gasteiger partial charge in [-0.15, -0.1) is 0 Å². The lowest BCUT2D eigenvalue weighted by atomic mass is 10.1. The molecule has 1 radical (unpaired) electrons. The predicted molar refractivity (Wildman–Crippen MR) is 72.3 cm³/mol. The lowest BCUT2D eigenvalue weighted by molar-refractivity contribution is 1.13. The van der Waals surface area contributed by atoms with Crippen LogP contribution in [-0.2, 0) is 12.8 Å². The van der Waals surface area contributed by atoms with E-state index in [2.05, 4.69) is 50.3 Å². The maximum Gasteiger partial charge on any atom is -0.00943 e. The molecule has 0 N–H and O–H groups in total. The summed E-state index contributed by atoms with van der Waals surface area (Å²) < 4.78 is 0. The Morgan fingerprint density at radius 1 is 0.938 bits per heavy atom. The highest BCUT2D eigenvalue weighted by Crippen LogP contribution is 2.06. The van der Waals surface area contributed by atoms with E-state index in [1.807, 2.05) is 18.2 Å². The smallest absolute Gasteiger partial charge is 0.00943 e. The van der Waals surface area contributed by atoms with Crippen molar-refractivity contribution >= 4 is 0 Å². The summed E-state index contributed by atoms with van der Waals surface area (Å²) in [6.07, 6.45) is 14.0. The molecule has 0 heterocycles. The van der Waals surface area contributed by atoms with Crippen molar-refractivity contribution in [3.05, 3.63) is 78.8 Å². The molecule has 0 heteroatoms. The van der Waals surface area contributed by atoms with Crippen molar-refractivity contribution in [3.63, 3.8) is 0 Å². The Morgan fingerprint density at radius 2 is 1.56 bits per heavy atom. The van der Waals surface area contributed by atoms with E-state index in [4.69, 9.17) is 0 Å². The summed E-state index contributed by atoms with van der Waals surface area (Å²) >= 11 is 0. The minimum atomic E-state index is 0.989. The van der Waals surface area contributed by atoms with Crippen molar-refractivity contribution in [2.24, 2.45) is 0 Å². The van der Waals surface area contributed by atoms with E-state index in [0.717, 1.165) is 12.8 Å². The minimum absolute atomic E-state index is 0.989. The summed E-state index contributed by atoms with van der Waals surface area (Å²) in [6.45, 7) is 5.79. The van der Waals surface area contributed by atoms with E-state index in [1.54, 1.807) is 6.08 Å². The second-order valence-corrected chi connectivity index (χ2v) is 3.62. The van der Waals surface area contributed by atoms with Gasteiger partial charge in [0.1, 0.15) is 0 Å². The van der Waals surface area contributed by atoms with Crippen LogP contribution in [-0.4, -0.2) is 0 Å². The monoisotopic (exact) mass is 211 g/mol. The van der Waals surface area contributed by atoms with E-state index in [-0.39, 0.29) is 0 Å². The highest BCUT2D eigenvalue weighted by molar-refractivity contribution is 5.24. The van der Waals surface area contributed by atoms with Gasteiger partial charge in [-0.25, -0.2) is 0 Å². The molecule has 1 aromatic carbocycles. The summed E-state index contributed by atoms with van der Waals surface area (Å²) in [5, 5.41) is 0. The van der Waals surface area contributed by atoms with E-state index in [9.17, 15) is 0 Å². The van der Waals surface area contributed by atoms with Gasteiger partial charge in [0, 0.05) is 0 Å². The molecule has 0 fully saturated rings. The third-order valence-corrected chi connectivity index (χ3v) is 2.39. The van der Waals surface area contributed by atoms with Gasteiger partial charge in [-0.2, -0.15) is 0 Å². The molecule has 0 nitrogen and oxygen atoms in total. The molecule has 83 valence electrons. The molecular formula is C16H19. The van der Waals surface area contributed by atoms with E-state index >= 15 is 0 Å². The zero-order valence-electron chi connectivity index (χ0n) is 9.89. The molecule has 16 heavy (non-hydrogen) atoms. The van der Waals surface area contributed by atoms with Crippen LogP contribution in [0, 0.1) is 6.92 Å². The fourth-order valence-electron chi connectivity index (χ4n) is 1.40. The van der Waals surface area contributed by atoms with Gasteiger partial charge in [-0.1, -0.05) is 67.6 Å². The Kier molecular flexibility index (Phi) is 6.02. The first-order valence-electron chi connectivity index (χ1n) is 5.72. The van der Waals surface area contributed by atoms with E-state index < -0.39 is 0 Å². The van der Waals surface area contributed by atoms with Crippen molar-refractivity contribution in [3.8, 4) is 0 Å². The molecule has 0 aliphatic heterocycles. The van der Waals surface area contributed by atoms with Crippen molar-refractivity contribution in [1.82, 2.24) is 0 Å². The molecule has 0 unspecified atom stereocenters. The van der Waals surface area contributed by atoms with Crippen LogP contribution < -0.4 is 0 Å². The second kappa shape index (κ2) is 7.70. The van der Waals surface area contributed by atoms with Crippen LogP contribution in [0.5, 0.6) is 0 Å². The Bertz CT molecular complexity index is 364. The van der Waals surface area contributed by atoms with Gasteiger partial charge in [0.25, 0.3) is 0 Å². The maximum absolute atomic E-state index is 3.61. The van der Waals surface area contributed by atoms with Crippen LogP contribution in [0.4, 0.5) is 0 Å². The average Bonchev–Trinajstić information content (AvgIpc) is 2.34. The molecule has 0 aliphatic carbocycles. The van der Waals surface area contributed by atoms with Gasteiger partial charge in [-0.05, 0) is 30.9 Å². The first-order chi connectivity index (χ1) is 7.86. The molecule has 1 rings (SSSR count). The van der Waals surface area contributed by atoms with Gasteiger partial charge >= 0.3 is 0 Å². The van der Waals surface area contributed by atoms with Gasteiger partial charge in [0.15, 0.2) is 0 Å². The molecule has 0 amide bonds. The third kappa shape index (κ3) is 4.79. The van der Waals surface area contributed by atoms with Crippen molar-refractivity contribution in [2.75, 3.05) is 0 Å². The number of benzene rings is 1. The van der Waals surface area contributed by atoms with Gasteiger partial charge in [-0.3, -0.25) is 0 Å². The Morgan fingerprint density at radius 3 is 2.19 bits per heavy atom. The first kappa shape index (κ1) is 12.5. The van der Waals surface area contributed by atoms with E-state index in [0.29, 0.717) is 0 Å². The fourth-order valence-corrected chi connectivity index (χ4v) is 1.40. The Labute approximate surface area is 99.0 Å². The molecule has 0 aliphatic rings. The quantitative estimate of drug-likeness (QED) is 0.637. The highest BCUT2D eigenvalue weighted by Gasteiger charge is 1.90. The summed E-state index contributed by atoms with van der Waals surface area (Å²) in [5.41, 5.74) is 2.75. The fraction of sp³-hybridized carbons (Fsp3) is 0.188. The summed E-state index contributed by atoms with van der Waals surface area (Å²) in [5.74, 6) is 0. The molecule has 0 bridgehead atoms. The molecule has 1 aromatic rings. The number of aryl methyl sites for hydroxylation is 1. The first-order valence-corrected chi connectivity index (χ1v) is 5.72. The number of hydrogen-bond donors (Lipinski definition) is 0. The van der Waals surface area contributed by atoms with Gasteiger partial charge in [0.2, 0.25) is 0 Å². The van der Waals surface area contributed by atoms with Crippen molar-refractivity contribution < 1.29 is 0 Å². The van der Waals surface area contributed by atoms with Gasteiger partial charge in [0.05, 0.1) is 0 Å². The number of rotatable bonds is 5. The largest absolute Gasteiger partial charge is 0.0842 e. The minimum Gasteiger partial charge on any atom is -0.0842 e. The van der Waals surface area contributed by atoms with Crippen molar-refractivity contribution in [2.45, 2.75) is 19.8 Å². The highest BCUT2D eigenvalue weighted by atomic mass is 14.0. The average molecular weight is 211 g/mol. The van der Waals surface area contributed by atoms with Crippen LogP contribution in [0.1, 0.15) is 18.1 Å². The van der Waals surface area contributed by atoms with Crippen LogP contribution in [0.3, 0.4) is 0 Å². The topological polar surface area (TPSA) is 0 Å². The molecule has 0 aromatic heterocycles. The van der Waals surface area contributed by atoms with Crippen LogP contribution in [0.2, 0.25) is 0 Å². The van der Waals surface area contributed by atoms with E-state index in [1.165, 1.54) is 11.1 Å². The van der Waals surface area contributed by atoms with Crippen LogP contribution in [0.25, 0.3) is 0 Å². The molecular weight excluding hydrogens is 192 g/mol. The van der Waals surface area contributed by atoms with Crippen molar-refractivity contribution in [1.29, 1.82) is 0 Å². The molecule has 0 atom stereocenters. The zero-order valence-corrected chi connectivity index (χ0v) is 9.89. The summed E-state index contributed by atoms with van der Waals surface area (Å²) in [4.78, 5) is 0. The summed E-state index contributed by atoms with van der Waals surface area (Å²) in [6, 6.07) is 8.79. The SMILES string of the molecule is [CH2]\C=C/C=C\C=C\Cc1ccc(CC)cc1. The van der Waals surface area contributed by atoms with Crippen LogP contribution in [0.15, 0.2) is 60.7 Å². The zero-order chi connectivity index (χ0) is 11.6. The molecule has 0 saturated heterocycles.